The Bertz CT molecular complexity index is 606. The first kappa shape index (κ1) is 21.2. The highest BCUT2D eigenvalue weighted by atomic mass is 35.5. The molecule has 0 spiro atoms. The molecule has 5 nitrogen and oxygen atoms in total. The predicted molar refractivity (Wildman–Crippen MR) is 102 cm³/mol. The summed E-state index contributed by atoms with van der Waals surface area (Å²) in [5, 5.41) is 6.23. The summed E-state index contributed by atoms with van der Waals surface area (Å²) in [7, 11) is 0. The second kappa shape index (κ2) is 9.61. The maximum atomic E-state index is 11.9. The number of anilines is 1. The third-order valence-electron chi connectivity index (χ3n) is 2.43. The largest absolute Gasteiger partial charge is 0.444 e. The van der Waals surface area contributed by atoms with Crippen LogP contribution < -0.4 is 10.6 Å². The Hall–Kier alpha value is -0.820. The van der Waals surface area contributed by atoms with Crippen LogP contribution >= 0.6 is 46.6 Å². The molecule has 0 aliphatic rings. The predicted octanol–water partition coefficient (Wildman–Crippen LogP) is 4.84. The Morgan fingerprint density at radius 1 is 1.12 bits per heavy atom. The van der Waals surface area contributed by atoms with Crippen LogP contribution in [0.3, 0.4) is 0 Å². The number of carbonyl (C=O) groups excluding carboxylic acids is 2. The number of carbonyl (C=O) groups is 2. The molecule has 0 saturated heterocycles. The van der Waals surface area contributed by atoms with E-state index in [9.17, 15) is 9.59 Å². The minimum Gasteiger partial charge on any atom is -0.444 e. The first-order valence-corrected chi connectivity index (χ1v) is 9.36. The summed E-state index contributed by atoms with van der Waals surface area (Å²) in [6, 6.07) is 2.97. The molecule has 1 rings (SSSR count). The van der Waals surface area contributed by atoms with Crippen molar-refractivity contribution in [1.29, 1.82) is 0 Å². The molecule has 0 aromatic heterocycles. The van der Waals surface area contributed by atoms with E-state index >= 15 is 0 Å². The van der Waals surface area contributed by atoms with Crippen molar-refractivity contribution in [3.8, 4) is 0 Å². The Morgan fingerprint density at radius 2 is 1.75 bits per heavy atom. The minimum atomic E-state index is -0.532. The topological polar surface area (TPSA) is 67.4 Å². The molecule has 0 unspecified atom stereocenters. The molecular weight excluding hydrogens is 395 g/mol. The number of halogens is 3. The summed E-state index contributed by atoms with van der Waals surface area (Å²) in [6.07, 6.45) is -0.477. The lowest BCUT2D eigenvalue weighted by Crippen LogP contribution is -2.33. The molecule has 0 aliphatic heterocycles. The van der Waals surface area contributed by atoms with Gasteiger partial charge in [-0.05, 0) is 32.9 Å². The Balaban J connectivity index is 2.28. The number of hydrogen-bond acceptors (Lipinski definition) is 4. The van der Waals surface area contributed by atoms with Gasteiger partial charge in [0.2, 0.25) is 5.91 Å². The van der Waals surface area contributed by atoms with Crippen LogP contribution in [0.4, 0.5) is 10.5 Å². The van der Waals surface area contributed by atoms with E-state index in [1.165, 1.54) is 23.9 Å². The van der Waals surface area contributed by atoms with Gasteiger partial charge in [-0.1, -0.05) is 34.8 Å². The number of alkyl carbamates (subject to hydrolysis) is 1. The van der Waals surface area contributed by atoms with Crippen LogP contribution in [-0.2, 0) is 9.53 Å². The Kier molecular flexibility index (Phi) is 8.50. The fourth-order valence-electron chi connectivity index (χ4n) is 1.51. The van der Waals surface area contributed by atoms with Crippen LogP contribution in [0, 0.1) is 0 Å². The van der Waals surface area contributed by atoms with Crippen LogP contribution in [0.2, 0.25) is 15.1 Å². The van der Waals surface area contributed by atoms with Gasteiger partial charge in [0.1, 0.15) is 5.60 Å². The van der Waals surface area contributed by atoms with Crippen LogP contribution in [0.5, 0.6) is 0 Å². The summed E-state index contributed by atoms with van der Waals surface area (Å²) < 4.78 is 5.10. The van der Waals surface area contributed by atoms with Gasteiger partial charge in [-0.2, -0.15) is 11.8 Å². The molecular formula is C15H19Cl3N2O3S. The third kappa shape index (κ3) is 8.33. The lowest BCUT2D eigenvalue weighted by molar-refractivity contribution is -0.113. The van der Waals surface area contributed by atoms with Crippen LogP contribution in [-0.4, -0.2) is 35.7 Å². The number of rotatable bonds is 6. The third-order valence-corrected chi connectivity index (χ3v) is 4.43. The number of amides is 2. The molecule has 0 bridgehead atoms. The molecule has 0 radical (unpaired) electrons. The molecule has 0 heterocycles. The Morgan fingerprint density at radius 3 is 2.38 bits per heavy atom. The lowest BCUT2D eigenvalue weighted by atomic mass is 10.2. The first-order chi connectivity index (χ1) is 11.1. The first-order valence-electron chi connectivity index (χ1n) is 7.07. The number of ether oxygens (including phenoxy) is 1. The zero-order valence-electron chi connectivity index (χ0n) is 13.5. The Labute approximate surface area is 160 Å². The quantitative estimate of drug-likeness (QED) is 0.517. The molecule has 1 aromatic rings. The van der Waals surface area contributed by atoms with E-state index in [-0.39, 0.29) is 11.7 Å². The number of thioether (sulfide) groups is 1. The zero-order chi connectivity index (χ0) is 18.3. The van der Waals surface area contributed by atoms with Crippen molar-refractivity contribution in [1.82, 2.24) is 5.32 Å². The fraction of sp³-hybridized carbons (Fsp3) is 0.467. The van der Waals surface area contributed by atoms with Gasteiger partial charge in [-0.25, -0.2) is 4.79 Å². The van der Waals surface area contributed by atoms with E-state index in [4.69, 9.17) is 39.5 Å². The van der Waals surface area contributed by atoms with Gasteiger partial charge < -0.3 is 15.4 Å². The van der Waals surface area contributed by atoms with E-state index in [1.807, 2.05) is 0 Å². The normalized spacial score (nSPS) is 11.1. The molecule has 134 valence electrons. The van der Waals surface area contributed by atoms with Crippen molar-refractivity contribution >= 4 is 64.3 Å². The average molecular weight is 414 g/mol. The molecule has 0 aliphatic carbocycles. The van der Waals surface area contributed by atoms with Crippen molar-refractivity contribution in [2.24, 2.45) is 0 Å². The van der Waals surface area contributed by atoms with Crippen molar-refractivity contribution in [3.05, 3.63) is 27.2 Å². The summed E-state index contributed by atoms with van der Waals surface area (Å²) in [5.74, 6) is 0.562. The average Bonchev–Trinajstić information content (AvgIpc) is 2.42. The molecule has 0 atom stereocenters. The summed E-state index contributed by atoms with van der Waals surface area (Å²) in [6.45, 7) is 5.78. The van der Waals surface area contributed by atoms with Gasteiger partial charge in [0.25, 0.3) is 0 Å². The molecule has 0 fully saturated rings. The highest BCUT2D eigenvalue weighted by Crippen LogP contribution is 2.32. The molecule has 2 N–H and O–H groups in total. The van der Waals surface area contributed by atoms with E-state index < -0.39 is 11.7 Å². The molecule has 9 heteroatoms. The van der Waals surface area contributed by atoms with Crippen molar-refractivity contribution < 1.29 is 14.3 Å². The van der Waals surface area contributed by atoms with E-state index in [0.717, 1.165) is 0 Å². The lowest BCUT2D eigenvalue weighted by Gasteiger charge is -2.19. The second-order valence-electron chi connectivity index (χ2n) is 5.78. The van der Waals surface area contributed by atoms with Crippen molar-refractivity contribution in [2.45, 2.75) is 26.4 Å². The second-order valence-corrected chi connectivity index (χ2v) is 8.10. The summed E-state index contributed by atoms with van der Waals surface area (Å²) in [5.41, 5.74) is -0.125. The van der Waals surface area contributed by atoms with E-state index in [2.05, 4.69) is 10.6 Å². The number of hydrogen-bond donors (Lipinski definition) is 2. The van der Waals surface area contributed by atoms with Crippen molar-refractivity contribution in [2.75, 3.05) is 23.4 Å². The van der Waals surface area contributed by atoms with E-state index in [0.29, 0.717) is 33.1 Å². The molecule has 0 saturated carbocycles. The van der Waals surface area contributed by atoms with Gasteiger partial charge in [0.15, 0.2) is 0 Å². The standard InChI is InChI=1S/C15H19Cl3N2O3S/c1-15(2,3)23-14(22)19-4-5-24-8-13(21)20-12-7-10(17)9(16)6-11(12)18/h6-7H,4-5,8H2,1-3H3,(H,19,22)(H,20,21). The summed E-state index contributed by atoms with van der Waals surface area (Å²) in [4.78, 5) is 23.3. The maximum Gasteiger partial charge on any atom is 0.407 e. The van der Waals surface area contributed by atoms with Crippen molar-refractivity contribution in [3.63, 3.8) is 0 Å². The highest BCUT2D eigenvalue weighted by Gasteiger charge is 2.15. The van der Waals surface area contributed by atoms with E-state index in [1.54, 1.807) is 20.8 Å². The van der Waals surface area contributed by atoms with Crippen LogP contribution in [0.15, 0.2) is 12.1 Å². The van der Waals surface area contributed by atoms with Gasteiger partial charge in [-0.3, -0.25) is 4.79 Å². The monoisotopic (exact) mass is 412 g/mol. The number of benzene rings is 1. The minimum absolute atomic E-state index is 0.215. The fourth-order valence-corrected chi connectivity index (χ4v) is 2.75. The SMILES string of the molecule is CC(C)(C)OC(=O)NCCSCC(=O)Nc1cc(Cl)c(Cl)cc1Cl. The smallest absolute Gasteiger partial charge is 0.407 e. The number of nitrogens with one attached hydrogen (secondary N) is 2. The van der Waals surface area contributed by atoms with Crippen LogP contribution in [0.1, 0.15) is 20.8 Å². The molecule has 1 aromatic carbocycles. The van der Waals surface area contributed by atoms with Crippen LogP contribution in [0.25, 0.3) is 0 Å². The molecule has 2 amide bonds. The van der Waals surface area contributed by atoms with Gasteiger partial charge in [0, 0.05) is 12.3 Å². The van der Waals surface area contributed by atoms with Gasteiger partial charge in [0.05, 0.1) is 26.5 Å². The highest BCUT2D eigenvalue weighted by molar-refractivity contribution is 7.99. The zero-order valence-corrected chi connectivity index (χ0v) is 16.6. The molecule has 24 heavy (non-hydrogen) atoms. The maximum absolute atomic E-state index is 11.9. The van der Waals surface area contributed by atoms with Gasteiger partial charge in [-0.15, -0.1) is 0 Å². The van der Waals surface area contributed by atoms with Gasteiger partial charge >= 0.3 is 6.09 Å². The summed E-state index contributed by atoms with van der Waals surface area (Å²) >= 11 is 19.1.